The molecule has 2 N–H and O–H groups in total. The van der Waals surface area contributed by atoms with Crippen molar-refractivity contribution in [1.29, 1.82) is 0 Å². The Balaban J connectivity index is 1.69. The fourth-order valence-electron chi connectivity index (χ4n) is 3.36. The lowest BCUT2D eigenvalue weighted by Crippen LogP contribution is -2.35. The Morgan fingerprint density at radius 2 is 2.00 bits per heavy atom. The number of anilines is 1. The molecule has 1 aliphatic heterocycles. The SMILES string of the molecule is Cc1nn(-c2cccc(F)c2)c2ccc(NC3CCNCC3)cc12. The molecule has 0 unspecified atom stereocenters. The van der Waals surface area contributed by atoms with Crippen molar-refractivity contribution in [2.24, 2.45) is 0 Å². The van der Waals surface area contributed by atoms with Crippen LogP contribution in [0.2, 0.25) is 0 Å². The molecule has 0 atom stereocenters. The van der Waals surface area contributed by atoms with Gasteiger partial charge in [-0.3, -0.25) is 0 Å². The number of nitrogens with zero attached hydrogens (tertiary/aromatic N) is 2. The summed E-state index contributed by atoms with van der Waals surface area (Å²) in [5.74, 6) is -0.252. The van der Waals surface area contributed by atoms with Gasteiger partial charge in [0, 0.05) is 17.1 Å². The second-order valence-corrected chi connectivity index (χ2v) is 6.38. The van der Waals surface area contributed by atoms with E-state index in [1.807, 2.05) is 17.7 Å². The van der Waals surface area contributed by atoms with Crippen molar-refractivity contribution < 1.29 is 4.39 Å². The molecule has 1 fully saturated rings. The second-order valence-electron chi connectivity index (χ2n) is 6.38. The number of halogens is 1. The first-order chi connectivity index (χ1) is 11.7. The van der Waals surface area contributed by atoms with Crippen molar-refractivity contribution in [1.82, 2.24) is 15.1 Å². The molecule has 0 bridgehead atoms. The third-order valence-corrected chi connectivity index (χ3v) is 4.63. The van der Waals surface area contributed by atoms with E-state index in [1.54, 1.807) is 6.07 Å². The van der Waals surface area contributed by atoms with Gasteiger partial charge < -0.3 is 10.6 Å². The molecule has 0 saturated carbocycles. The number of fused-ring (bicyclic) bond motifs is 1. The molecule has 0 spiro atoms. The summed E-state index contributed by atoms with van der Waals surface area (Å²) in [4.78, 5) is 0. The summed E-state index contributed by atoms with van der Waals surface area (Å²) in [7, 11) is 0. The fraction of sp³-hybridized carbons (Fsp3) is 0.316. The first kappa shape index (κ1) is 15.1. The van der Waals surface area contributed by atoms with Crippen LogP contribution in [-0.2, 0) is 0 Å². The molecule has 0 radical (unpaired) electrons. The van der Waals surface area contributed by atoms with Gasteiger partial charge in [0.15, 0.2) is 0 Å². The molecule has 1 aliphatic rings. The lowest BCUT2D eigenvalue weighted by molar-refractivity contribution is 0.479. The van der Waals surface area contributed by atoms with Gasteiger partial charge in [0.1, 0.15) is 5.82 Å². The highest BCUT2D eigenvalue weighted by atomic mass is 19.1. The summed E-state index contributed by atoms with van der Waals surface area (Å²) in [5, 5.41) is 12.7. The molecular formula is C19H21FN4. The maximum absolute atomic E-state index is 13.5. The predicted molar refractivity (Wildman–Crippen MR) is 95.3 cm³/mol. The highest BCUT2D eigenvalue weighted by molar-refractivity contribution is 5.86. The van der Waals surface area contributed by atoms with Crippen molar-refractivity contribution in [2.45, 2.75) is 25.8 Å². The number of hydrogen-bond acceptors (Lipinski definition) is 3. The zero-order valence-corrected chi connectivity index (χ0v) is 13.7. The third kappa shape index (κ3) is 2.87. The van der Waals surface area contributed by atoms with Crippen LogP contribution in [0.1, 0.15) is 18.5 Å². The van der Waals surface area contributed by atoms with Gasteiger partial charge >= 0.3 is 0 Å². The lowest BCUT2D eigenvalue weighted by Gasteiger charge is -2.24. The molecule has 124 valence electrons. The van der Waals surface area contributed by atoms with Crippen LogP contribution in [0.3, 0.4) is 0 Å². The number of nitrogens with one attached hydrogen (secondary N) is 2. The average Bonchev–Trinajstić information content (AvgIpc) is 2.92. The number of benzene rings is 2. The molecule has 1 aromatic heterocycles. The molecule has 4 rings (SSSR count). The van der Waals surface area contributed by atoms with E-state index in [9.17, 15) is 4.39 Å². The van der Waals surface area contributed by atoms with Crippen molar-refractivity contribution in [3.05, 3.63) is 54.0 Å². The Morgan fingerprint density at radius 1 is 1.17 bits per heavy atom. The van der Waals surface area contributed by atoms with Gasteiger partial charge in [0.25, 0.3) is 0 Å². The van der Waals surface area contributed by atoms with Gasteiger partial charge in [0.05, 0.1) is 16.9 Å². The van der Waals surface area contributed by atoms with Crippen molar-refractivity contribution in [3.63, 3.8) is 0 Å². The Labute approximate surface area is 140 Å². The number of piperidine rings is 1. The minimum atomic E-state index is -0.252. The molecule has 3 aromatic rings. The summed E-state index contributed by atoms with van der Waals surface area (Å²) >= 11 is 0. The molecular weight excluding hydrogens is 303 g/mol. The molecule has 0 aliphatic carbocycles. The van der Waals surface area contributed by atoms with Gasteiger partial charge in [0.2, 0.25) is 0 Å². The van der Waals surface area contributed by atoms with Gasteiger partial charge in [-0.25, -0.2) is 9.07 Å². The van der Waals surface area contributed by atoms with Crippen LogP contribution in [0.4, 0.5) is 10.1 Å². The fourth-order valence-corrected chi connectivity index (χ4v) is 3.36. The Kier molecular flexibility index (Phi) is 3.94. The van der Waals surface area contributed by atoms with Crippen LogP contribution in [0.5, 0.6) is 0 Å². The normalized spacial score (nSPS) is 15.8. The topological polar surface area (TPSA) is 41.9 Å². The minimum absolute atomic E-state index is 0.252. The Bertz CT molecular complexity index is 865. The molecule has 1 saturated heterocycles. The zero-order valence-electron chi connectivity index (χ0n) is 13.7. The monoisotopic (exact) mass is 324 g/mol. The van der Waals surface area contributed by atoms with E-state index in [-0.39, 0.29) is 5.82 Å². The van der Waals surface area contributed by atoms with Crippen molar-refractivity contribution >= 4 is 16.6 Å². The van der Waals surface area contributed by atoms with Gasteiger partial charge in [-0.1, -0.05) is 6.07 Å². The minimum Gasteiger partial charge on any atom is -0.382 e. The maximum Gasteiger partial charge on any atom is 0.125 e. The van der Waals surface area contributed by atoms with Crippen LogP contribution in [0.15, 0.2) is 42.5 Å². The number of aryl methyl sites for hydroxylation is 1. The average molecular weight is 324 g/mol. The van der Waals surface area contributed by atoms with Gasteiger partial charge in [-0.15, -0.1) is 0 Å². The maximum atomic E-state index is 13.5. The first-order valence-electron chi connectivity index (χ1n) is 8.43. The highest BCUT2D eigenvalue weighted by Crippen LogP contribution is 2.26. The summed E-state index contributed by atoms with van der Waals surface area (Å²) in [5.41, 5.74) is 3.81. The zero-order chi connectivity index (χ0) is 16.5. The van der Waals surface area contributed by atoms with Crippen molar-refractivity contribution in [2.75, 3.05) is 18.4 Å². The Morgan fingerprint density at radius 3 is 2.79 bits per heavy atom. The first-order valence-corrected chi connectivity index (χ1v) is 8.43. The number of rotatable bonds is 3. The van der Waals surface area contributed by atoms with E-state index in [1.165, 1.54) is 12.1 Å². The molecule has 2 aromatic carbocycles. The van der Waals surface area contributed by atoms with Crippen molar-refractivity contribution in [3.8, 4) is 5.69 Å². The van der Waals surface area contributed by atoms with Crippen LogP contribution in [0, 0.1) is 12.7 Å². The molecule has 0 amide bonds. The second kappa shape index (κ2) is 6.24. The number of aromatic nitrogens is 2. The van der Waals surface area contributed by atoms with E-state index in [0.717, 1.165) is 53.9 Å². The van der Waals surface area contributed by atoms with Crippen LogP contribution >= 0.6 is 0 Å². The van der Waals surface area contributed by atoms with E-state index in [2.05, 4.69) is 33.9 Å². The van der Waals surface area contributed by atoms with E-state index in [0.29, 0.717) is 6.04 Å². The third-order valence-electron chi connectivity index (χ3n) is 4.63. The van der Waals surface area contributed by atoms with Crippen LogP contribution < -0.4 is 10.6 Å². The molecule has 2 heterocycles. The standard InChI is InChI=1S/C19H21FN4/c1-13-18-12-16(22-15-7-9-21-10-8-15)5-6-19(18)24(23-13)17-4-2-3-14(20)11-17/h2-6,11-12,15,21-22H,7-10H2,1H3. The lowest BCUT2D eigenvalue weighted by atomic mass is 10.1. The molecule has 4 nitrogen and oxygen atoms in total. The molecule has 24 heavy (non-hydrogen) atoms. The Hall–Kier alpha value is -2.40. The highest BCUT2D eigenvalue weighted by Gasteiger charge is 2.14. The van der Waals surface area contributed by atoms with E-state index < -0.39 is 0 Å². The van der Waals surface area contributed by atoms with E-state index in [4.69, 9.17) is 0 Å². The molecule has 5 heteroatoms. The van der Waals surface area contributed by atoms with E-state index >= 15 is 0 Å². The number of hydrogen-bond donors (Lipinski definition) is 2. The van der Waals surface area contributed by atoms with Crippen LogP contribution in [-0.4, -0.2) is 28.9 Å². The largest absolute Gasteiger partial charge is 0.382 e. The predicted octanol–water partition coefficient (Wildman–Crippen LogP) is 3.64. The quantitative estimate of drug-likeness (QED) is 0.773. The summed E-state index contributed by atoms with van der Waals surface area (Å²) in [6, 6.07) is 13.3. The summed E-state index contributed by atoms with van der Waals surface area (Å²) < 4.78 is 15.3. The summed E-state index contributed by atoms with van der Waals surface area (Å²) in [6.45, 7) is 4.12. The van der Waals surface area contributed by atoms with Crippen LogP contribution in [0.25, 0.3) is 16.6 Å². The summed E-state index contributed by atoms with van der Waals surface area (Å²) in [6.07, 6.45) is 2.28. The van der Waals surface area contributed by atoms with Gasteiger partial charge in [-0.05, 0) is 69.3 Å². The van der Waals surface area contributed by atoms with Gasteiger partial charge in [-0.2, -0.15) is 5.10 Å². The smallest absolute Gasteiger partial charge is 0.125 e.